The standard InChI is InChI=1S/C12H16N2S/c1-4-9-7-13-14-12(9)11-6-5-10(15-11)8(2)3/h5-8H,4H2,1-3H3,(H,13,14). The minimum atomic E-state index is 0.608. The number of H-pyrrole nitrogens is 1. The van der Waals surface area contributed by atoms with Crippen molar-refractivity contribution in [3.05, 3.63) is 28.8 Å². The van der Waals surface area contributed by atoms with E-state index in [2.05, 4.69) is 43.1 Å². The number of aromatic amines is 1. The lowest BCUT2D eigenvalue weighted by atomic mass is 10.1. The number of thiophene rings is 1. The zero-order valence-electron chi connectivity index (χ0n) is 9.37. The van der Waals surface area contributed by atoms with E-state index in [4.69, 9.17) is 0 Å². The molecule has 0 aliphatic rings. The summed E-state index contributed by atoms with van der Waals surface area (Å²) in [6.07, 6.45) is 2.95. The fraction of sp³-hybridized carbons (Fsp3) is 0.417. The summed E-state index contributed by atoms with van der Waals surface area (Å²) < 4.78 is 0. The van der Waals surface area contributed by atoms with Gasteiger partial charge in [0.05, 0.1) is 16.8 Å². The van der Waals surface area contributed by atoms with Crippen LogP contribution >= 0.6 is 11.3 Å². The van der Waals surface area contributed by atoms with Gasteiger partial charge in [0.1, 0.15) is 0 Å². The number of hydrogen-bond donors (Lipinski definition) is 1. The van der Waals surface area contributed by atoms with E-state index in [9.17, 15) is 0 Å². The van der Waals surface area contributed by atoms with Crippen molar-refractivity contribution in [3.8, 4) is 10.6 Å². The first-order valence-corrected chi connectivity index (χ1v) is 6.16. The maximum Gasteiger partial charge on any atom is 0.0781 e. The van der Waals surface area contributed by atoms with Crippen molar-refractivity contribution in [3.63, 3.8) is 0 Å². The fourth-order valence-electron chi connectivity index (χ4n) is 1.59. The monoisotopic (exact) mass is 220 g/mol. The molecule has 0 aliphatic carbocycles. The van der Waals surface area contributed by atoms with Gasteiger partial charge in [-0.05, 0) is 30.0 Å². The topological polar surface area (TPSA) is 28.7 Å². The van der Waals surface area contributed by atoms with Crippen molar-refractivity contribution in [1.82, 2.24) is 10.2 Å². The second kappa shape index (κ2) is 4.19. The Morgan fingerprint density at radius 3 is 2.80 bits per heavy atom. The molecule has 80 valence electrons. The molecule has 0 spiro atoms. The molecular weight excluding hydrogens is 204 g/mol. The predicted octanol–water partition coefficient (Wildman–Crippen LogP) is 3.82. The lowest BCUT2D eigenvalue weighted by molar-refractivity contribution is 0.890. The number of aromatic nitrogens is 2. The highest BCUT2D eigenvalue weighted by atomic mass is 32.1. The molecule has 2 rings (SSSR count). The summed E-state index contributed by atoms with van der Waals surface area (Å²) >= 11 is 1.86. The van der Waals surface area contributed by atoms with Crippen LogP contribution in [0.2, 0.25) is 0 Å². The van der Waals surface area contributed by atoms with E-state index < -0.39 is 0 Å². The largest absolute Gasteiger partial charge is 0.277 e. The Morgan fingerprint density at radius 2 is 2.20 bits per heavy atom. The van der Waals surface area contributed by atoms with Crippen LogP contribution < -0.4 is 0 Å². The zero-order chi connectivity index (χ0) is 10.8. The predicted molar refractivity (Wildman–Crippen MR) is 65.4 cm³/mol. The number of hydrogen-bond acceptors (Lipinski definition) is 2. The third-order valence-electron chi connectivity index (χ3n) is 2.54. The fourth-order valence-corrected chi connectivity index (χ4v) is 2.63. The van der Waals surface area contributed by atoms with Gasteiger partial charge >= 0.3 is 0 Å². The van der Waals surface area contributed by atoms with Gasteiger partial charge in [-0.25, -0.2) is 0 Å². The first kappa shape index (κ1) is 10.4. The number of aryl methyl sites for hydroxylation is 1. The Labute approximate surface area is 94.4 Å². The van der Waals surface area contributed by atoms with Gasteiger partial charge in [0, 0.05) is 4.88 Å². The van der Waals surface area contributed by atoms with Crippen LogP contribution in [0.25, 0.3) is 10.6 Å². The third kappa shape index (κ3) is 1.97. The molecule has 0 saturated heterocycles. The molecule has 0 fully saturated rings. The third-order valence-corrected chi connectivity index (χ3v) is 3.94. The second-order valence-corrected chi connectivity index (χ2v) is 5.10. The van der Waals surface area contributed by atoms with Gasteiger partial charge in [-0.1, -0.05) is 20.8 Å². The van der Waals surface area contributed by atoms with Crippen molar-refractivity contribution >= 4 is 11.3 Å². The first-order chi connectivity index (χ1) is 7.22. The van der Waals surface area contributed by atoms with Crippen LogP contribution in [0.15, 0.2) is 18.3 Å². The molecule has 0 bridgehead atoms. The molecule has 0 unspecified atom stereocenters. The van der Waals surface area contributed by atoms with E-state index in [1.807, 2.05) is 17.5 Å². The van der Waals surface area contributed by atoms with Crippen LogP contribution in [0.5, 0.6) is 0 Å². The smallest absolute Gasteiger partial charge is 0.0781 e. The Kier molecular flexibility index (Phi) is 2.91. The van der Waals surface area contributed by atoms with E-state index in [-0.39, 0.29) is 0 Å². The van der Waals surface area contributed by atoms with Crippen molar-refractivity contribution in [2.45, 2.75) is 33.1 Å². The Bertz CT molecular complexity index is 440. The number of nitrogens with zero attached hydrogens (tertiary/aromatic N) is 1. The van der Waals surface area contributed by atoms with E-state index in [0.29, 0.717) is 5.92 Å². The average Bonchev–Trinajstić information content (AvgIpc) is 2.85. The van der Waals surface area contributed by atoms with Crippen LogP contribution in [0.4, 0.5) is 0 Å². The van der Waals surface area contributed by atoms with E-state index in [0.717, 1.165) is 6.42 Å². The highest BCUT2D eigenvalue weighted by Gasteiger charge is 2.10. The number of rotatable bonds is 3. The molecular formula is C12H16N2S. The normalized spacial score (nSPS) is 11.2. The average molecular weight is 220 g/mol. The second-order valence-electron chi connectivity index (χ2n) is 3.98. The van der Waals surface area contributed by atoms with Gasteiger partial charge in [-0.3, -0.25) is 5.10 Å². The Balaban J connectivity index is 2.37. The van der Waals surface area contributed by atoms with E-state index in [1.54, 1.807) is 0 Å². The van der Waals surface area contributed by atoms with Crippen LogP contribution in [-0.4, -0.2) is 10.2 Å². The van der Waals surface area contributed by atoms with Gasteiger partial charge in [0.2, 0.25) is 0 Å². The Morgan fingerprint density at radius 1 is 1.40 bits per heavy atom. The zero-order valence-corrected chi connectivity index (χ0v) is 10.2. The van der Waals surface area contributed by atoms with Crippen molar-refractivity contribution in [2.75, 3.05) is 0 Å². The summed E-state index contributed by atoms with van der Waals surface area (Å²) in [6.45, 7) is 6.61. The quantitative estimate of drug-likeness (QED) is 0.836. The molecule has 2 heterocycles. The van der Waals surface area contributed by atoms with Gasteiger partial charge in [0.15, 0.2) is 0 Å². The number of nitrogens with one attached hydrogen (secondary N) is 1. The van der Waals surface area contributed by atoms with Crippen LogP contribution in [-0.2, 0) is 6.42 Å². The molecule has 0 amide bonds. The summed E-state index contributed by atoms with van der Waals surface area (Å²) in [5.41, 5.74) is 2.49. The summed E-state index contributed by atoms with van der Waals surface area (Å²) in [4.78, 5) is 2.73. The summed E-state index contributed by atoms with van der Waals surface area (Å²) in [6, 6.07) is 4.40. The summed E-state index contributed by atoms with van der Waals surface area (Å²) in [7, 11) is 0. The van der Waals surface area contributed by atoms with Gasteiger partial charge in [-0.2, -0.15) is 5.10 Å². The minimum Gasteiger partial charge on any atom is -0.277 e. The lowest BCUT2D eigenvalue weighted by Gasteiger charge is -1.99. The molecule has 0 atom stereocenters. The van der Waals surface area contributed by atoms with Gasteiger partial charge < -0.3 is 0 Å². The molecule has 3 heteroatoms. The molecule has 0 aliphatic heterocycles. The molecule has 1 N–H and O–H groups in total. The summed E-state index contributed by atoms with van der Waals surface area (Å²) in [5, 5.41) is 7.19. The molecule has 2 nitrogen and oxygen atoms in total. The molecule has 0 radical (unpaired) electrons. The molecule has 2 aromatic heterocycles. The van der Waals surface area contributed by atoms with Crippen LogP contribution in [0.3, 0.4) is 0 Å². The highest BCUT2D eigenvalue weighted by Crippen LogP contribution is 2.32. The van der Waals surface area contributed by atoms with Crippen LogP contribution in [0, 0.1) is 0 Å². The van der Waals surface area contributed by atoms with Crippen molar-refractivity contribution in [2.24, 2.45) is 0 Å². The first-order valence-electron chi connectivity index (χ1n) is 5.34. The summed E-state index contributed by atoms with van der Waals surface area (Å²) in [5.74, 6) is 0.608. The molecule has 2 aromatic rings. The molecule has 15 heavy (non-hydrogen) atoms. The van der Waals surface area contributed by atoms with Gasteiger partial charge in [0.25, 0.3) is 0 Å². The maximum absolute atomic E-state index is 4.11. The van der Waals surface area contributed by atoms with Crippen molar-refractivity contribution in [1.29, 1.82) is 0 Å². The van der Waals surface area contributed by atoms with Crippen molar-refractivity contribution < 1.29 is 0 Å². The highest BCUT2D eigenvalue weighted by molar-refractivity contribution is 7.15. The maximum atomic E-state index is 4.11. The molecule has 0 saturated carbocycles. The molecule has 0 aromatic carbocycles. The van der Waals surface area contributed by atoms with Crippen LogP contribution in [0.1, 0.15) is 37.1 Å². The Hall–Kier alpha value is -1.09. The van der Waals surface area contributed by atoms with Gasteiger partial charge in [-0.15, -0.1) is 11.3 Å². The SMILES string of the molecule is CCc1cn[nH]c1-c1ccc(C(C)C)s1. The lowest BCUT2D eigenvalue weighted by Crippen LogP contribution is -1.80. The van der Waals surface area contributed by atoms with E-state index in [1.165, 1.54) is 21.0 Å². The van der Waals surface area contributed by atoms with E-state index >= 15 is 0 Å². The minimum absolute atomic E-state index is 0.608.